The lowest BCUT2D eigenvalue weighted by Crippen LogP contribution is -2.51. The Kier molecular flexibility index (Phi) is 4.87. The van der Waals surface area contributed by atoms with Crippen LogP contribution in [0.1, 0.15) is 36.0 Å². The summed E-state index contributed by atoms with van der Waals surface area (Å²) >= 11 is 0. The van der Waals surface area contributed by atoms with Gasteiger partial charge in [0.15, 0.2) is 0 Å². The minimum Gasteiger partial charge on any atom is -0.381 e. The zero-order valence-electron chi connectivity index (χ0n) is 16.5. The molecule has 0 aromatic heterocycles. The Balaban J connectivity index is 1.39. The summed E-state index contributed by atoms with van der Waals surface area (Å²) in [4.78, 5) is 40.9. The third-order valence-corrected chi connectivity index (χ3v) is 6.27. The number of rotatable bonds is 4. The maximum absolute atomic E-state index is 12.9. The van der Waals surface area contributed by atoms with E-state index in [0.717, 1.165) is 5.56 Å². The molecule has 0 aliphatic carbocycles. The number of carbonyl (C=O) groups is 3. The van der Waals surface area contributed by atoms with E-state index in [4.69, 9.17) is 4.74 Å². The highest BCUT2D eigenvalue weighted by Gasteiger charge is 2.52. The molecule has 28 heavy (non-hydrogen) atoms. The maximum atomic E-state index is 12.9. The van der Waals surface area contributed by atoms with Crippen molar-refractivity contribution in [3.05, 3.63) is 34.9 Å². The average Bonchev–Trinajstić information content (AvgIpc) is 3.11. The Morgan fingerprint density at radius 1 is 1.14 bits per heavy atom. The second kappa shape index (κ2) is 7.20. The number of carbonyl (C=O) groups excluding carboxylic acids is 3. The van der Waals surface area contributed by atoms with Crippen LogP contribution >= 0.6 is 0 Å². The van der Waals surface area contributed by atoms with E-state index in [9.17, 15) is 14.4 Å². The smallest absolute Gasteiger partial charge is 0.325 e. The first-order valence-corrected chi connectivity index (χ1v) is 9.94. The number of urea groups is 1. The van der Waals surface area contributed by atoms with E-state index < -0.39 is 5.54 Å². The molecular formula is C21H27N3O4. The zero-order valence-corrected chi connectivity index (χ0v) is 16.5. The maximum Gasteiger partial charge on any atom is 0.325 e. The molecule has 7 heteroatoms. The summed E-state index contributed by atoms with van der Waals surface area (Å²) < 4.78 is 5.34. The third kappa shape index (κ3) is 3.39. The van der Waals surface area contributed by atoms with Crippen LogP contribution in [0.15, 0.2) is 18.2 Å². The molecule has 0 radical (unpaired) electrons. The summed E-state index contributed by atoms with van der Waals surface area (Å²) in [5.74, 6) is -0.111. The van der Waals surface area contributed by atoms with Crippen molar-refractivity contribution in [2.75, 3.05) is 26.3 Å². The van der Waals surface area contributed by atoms with Crippen molar-refractivity contribution in [1.29, 1.82) is 0 Å². The SMILES string of the molecule is Cc1ccc(CN2CC(CN3C(=O)NC4(CCOCC4)C3=O)CC2=O)cc1C. The number of hydrogen-bond donors (Lipinski definition) is 1. The van der Waals surface area contributed by atoms with Crippen molar-refractivity contribution in [3.8, 4) is 0 Å². The Morgan fingerprint density at radius 2 is 1.89 bits per heavy atom. The molecule has 1 aromatic carbocycles. The fourth-order valence-electron chi connectivity index (χ4n) is 4.41. The number of aryl methyl sites for hydroxylation is 2. The molecule has 3 aliphatic rings. The van der Waals surface area contributed by atoms with Crippen molar-refractivity contribution in [2.24, 2.45) is 5.92 Å². The predicted molar refractivity (Wildman–Crippen MR) is 102 cm³/mol. The van der Waals surface area contributed by atoms with Gasteiger partial charge in [0.1, 0.15) is 5.54 Å². The molecule has 3 saturated heterocycles. The van der Waals surface area contributed by atoms with Gasteiger partial charge in [0.05, 0.1) is 0 Å². The van der Waals surface area contributed by atoms with Crippen LogP contribution in [0.5, 0.6) is 0 Å². The lowest BCUT2D eigenvalue weighted by Gasteiger charge is -2.30. The largest absolute Gasteiger partial charge is 0.381 e. The lowest BCUT2D eigenvalue weighted by molar-refractivity contribution is -0.135. The summed E-state index contributed by atoms with van der Waals surface area (Å²) in [6, 6.07) is 5.90. The fraction of sp³-hybridized carbons (Fsp3) is 0.571. The summed E-state index contributed by atoms with van der Waals surface area (Å²) in [6.45, 7) is 6.52. The number of benzene rings is 1. The number of imide groups is 1. The molecule has 3 heterocycles. The van der Waals surface area contributed by atoms with E-state index in [1.54, 1.807) is 0 Å². The van der Waals surface area contributed by atoms with Crippen molar-refractivity contribution < 1.29 is 19.1 Å². The van der Waals surface area contributed by atoms with Gasteiger partial charge in [0.2, 0.25) is 5.91 Å². The average molecular weight is 385 g/mol. The van der Waals surface area contributed by atoms with Gasteiger partial charge < -0.3 is 15.0 Å². The summed E-state index contributed by atoms with van der Waals surface area (Å²) in [7, 11) is 0. The molecule has 1 aromatic rings. The van der Waals surface area contributed by atoms with Gasteiger partial charge in [-0.3, -0.25) is 14.5 Å². The molecule has 3 fully saturated rings. The standard InChI is InChI=1S/C21H27N3O4/c1-14-3-4-16(9-15(14)2)11-23-12-17(10-18(23)25)13-24-19(26)21(22-20(24)27)5-7-28-8-6-21/h3-4,9,17H,5-8,10-13H2,1-2H3,(H,22,27). The number of nitrogens with zero attached hydrogens (tertiary/aromatic N) is 2. The molecule has 150 valence electrons. The fourth-order valence-corrected chi connectivity index (χ4v) is 4.41. The van der Waals surface area contributed by atoms with Gasteiger partial charge in [0.25, 0.3) is 5.91 Å². The Morgan fingerprint density at radius 3 is 2.61 bits per heavy atom. The van der Waals surface area contributed by atoms with Crippen LogP contribution in [0, 0.1) is 19.8 Å². The van der Waals surface area contributed by atoms with Crippen molar-refractivity contribution in [3.63, 3.8) is 0 Å². The van der Waals surface area contributed by atoms with Crippen LogP contribution in [-0.4, -0.2) is 59.5 Å². The van der Waals surface area contributed by atoms with Gasteiger partial charge in [-0.05, 0) is 30.5 Å². The molecule has 1 N–H and O–H groups in total. The number of amides is 4. The van der Waals surface area contributed by atoms with E-state index in [0.29, 0.717) is 52.1 Å². The lowest BCUT2D eigenvalue weighted by atomic mass is 9.90. The van der Waals surface area contributed by atoms with Crippen LogP contribution in [0.25, 0.3) is 0 Å². The van der Waals surface area contributed by atoms with E-state index in [1.165, 1.54) is 16.0 Å². The topological polar surface area (TPSA) is 79.0 Å². The third-order valence-electron chi connectivity index (χ3n) is 6.27. The molecule has 0 bridgehead atoms. The number of likely N-dealkylation sites (tertiary alicyclic amines) is 1. The van der Waals surface area contributed by atoms with Crippen LogP contribution < -0.4 is 5.32 Å². The Hall–Kier alpha value is -2.41. The summed E-state index contributed by atoms with van der Waals surface area (Å²) in [5, 5.41) is 2.88. The van der Waals surface area contributed by atoms with Crippen LogP contribution in [0.2, 0.25) is 0 Å². The second-order valence-corrected chi connectivity index (χ2v) is 8.30. The molecule has 4 amide bonds. The molecule has 1 atom stereocenters. The quantitative estimate of drug-likeness (QED) is 0.801. The molecular weight excluding hydrogens is 358 g/mol. The van der Waals surface area contributed by atoms with Gasteiger partial charge in [-0.1, -0.05) is 18.2 Å². The van der Waals surface area contributed by atoms with Crippen molar-refractivity contribution in [1.82, 2.24) is 15.1 Å². The first-order chi connectivity index (χ1) is 13.4. The molecule has 1 spiro atoms. The van der Waals surface area contributed by atoms with Crippen LogP contribution in [0.3, 0.4) is 0 Å². The normalized spacial score (nSPS) is 24.4. The van der Waals surface area contributed by atoms with Crippen LogP contribution in [-0.2, 0) is 20.9 Å². The monoisotopic (exact) mass is 385 g/mol. The van der Waals surface area contributed by atoms with Gasteiger partial charge in [-0.15, -0.1) is 0 Å². The highest BCUT2D eigenvalue weighted by Crippen LogP contribution is 2.30. The summed E-state index contributed by atoms with van der Waals surface area (Å²) in [6.07, 6.45) is 1.39. The molecule has 3 aliphatic heterocycles. The predicted octanol–water partition coefficient (Wildman–Crippen LogP) is 1.75. The zero-order chi connectivity index (χ0) is 19.9. The van der Waals surface area contributed by atoms with Gasteiger partial charge in [-0.2, -0.15) is 0 Å². The molecule has 0 saturated carbocycles. The number of hydrogen-bond acceptors (Lipinski definition) is 4. The van der Waals surface area contributed by atoms with E-state index in [2.05, 4.69) is 37.4 Å². The Labute approximate surface area is 165 Å². The molecule has 1 unspecified atom stereocenters. The van der Waals surface area contributed by atoms with E-state index in [-0.39, 0.29) is 23.8 Å². The van der Waals surface area contributed by atoms with Gasteiger partial charge in [-0.25, -0.2) is 4.79 Å². The minimum atomic E-state index is -0.808. The van der Waals surface area contributed by atoms with E-state index in [1.807, 2.05) is 4.90 Å². The van der Waals surface area contributed by atoms with E-state index >= 15 is 0 Å². The first kappa shape index (κ1) is 18.9. The second-order valence-electron chi connectivity index (χ2n) is 8.30. The number of ether oxygens (including phenoxy) is 1. The first-order valence-electron chi connectivity index (χ1n) is 9.94. The minimum absolute atomic E-state index is 0.0243. The molecule has 4 rings (SSSR count). The number of nitrogens with one attached hydrogen (secondary N) is 1. The highest BCUT2D eigenvalue weighted by atomic mass is 16.5. The van der Waals surface area contributed by atoms with Gasteiger partial charge in [0, 0.05) is 58.0 Å². The van der Waals surface area contributed by atoms with Crippen molar-refractivity contribution >= 4 is 17.8 Å². The Bertz CT molecular complexity index is 816. The van der Waals surface area contributed by atoms with Crippen molar-refractivity contribution in [2.45, 2.75) is 45.2 Å². The molecule has 7 nitrogen and oxygen atoms in total. The highest BCUT2D eigenvalue weighted by molar-refractivity contribution is 6.07. The summed E-state index contributed by atoms with van der Waals surface area (Å²) in [5.41, 5.74) is 2.74. The van der Waals surface area contributed by atoms with Crippen LogP contribution in [0.4, 0.5) is 4.79 Å². The van der Waals surface area contributed by atoms with Gasteiger partial charge >= 0.3 is 6.03 Å².